The van der Waals surface area contributed by atoms with Crippen LogP contribution in [0, 0.1) is 0 Å². The molecule has 1 aliphatic rings. The zero-order valence-corrected chi connectivity index (χ0v) is 30.1. The van der Waals surface area contributed by atoms with Gasteiger partial charge in [0.25, 0.3) is 0 Å². The maximum Gasteiger partial charge on any atom is 0.0823 e. The van der Waals surface area contributed by atoms with Crippen molar-refractivity contribution in [2.75, 3.05) is 0 Å². The predicted octanol–water partition coefficient (Wildman–Crippen LogP) is 12.0. The van der Waals surface area contributed by atoms with Gasteiger partial charge in [-0.2, -0.15) is 12.1 Å². The lowest BCUT2D eigenvalue weighted by atomic mass is 9.97. The molecule has 0 bridgehead atoms. The Balaban J connectivity index is 2.82. The molecule has 0 amide bonds. The molecule has 0 N–H and O–H groups in total. The van der Waals surface area contributed by atoms with Crippen LogP contribution in [-0.4, -0.2) is 28.5 Å². The Morgan fingerprint density at radius 1 is 0.676 bits per heavy atom. The summed E-state index contributed by atoms with van der Waals surface area (Å²) in [5.74, 6) is 1.04. The van der Waals surface area contributed by atoms with E-state index in [0.717, 1.165) is 10.2 Å². The van der Waals surface area contributed by atoms with Gasteiger partial charge in [0.2, 0.25) is 0 Å². The topological polar surface area (TPSA) is 18.5 Å². The van der Waals surface area contributed by atoms with E-state index in [-0.39, 0.29) is 10.4 Å². The van der Waals surface area contributed by atoms with Crippen molar-refractivity contribution >= 4 is 49.9 Å². The molecule has 0 aromatic carbocycles. The average molecular weight is 679 g/mol. The monoisotopic (exact) mass is 676 g/mol. The van der Waals surface area contributed by atoms with Crippen LogP contribution in [0.1, 0.15) is 137 Å². The standard InChI is InChI=1S/C31H58Br2O2Si2/c1-6-10-14-18-22-36(23-19-15-11-7-2)34-29-26-30(33)31(5,27-28(29)32)35-37(24-20-16-12-8-3)25-21-17-13-9-4/h26-27,30H,6-25H2,1-5H3/q-2. The molecule has 0 saturated carbocycles. The van der Waals surface area contributed by atoms with Crippen LogP contribution in [0.4, 0.5) is 0 Å². The fourth-order valence-corrected chi connectivity index (χ4v) is 11.1. The van der Waals surface area contributed by atoms with E-state index in [1.54, 1.807) is 0 Å². The van der Waals surface area contributed by atoms with Crippen LogP contribution in [0.3, 0.4) is 0 Å². The van der Waals surface area contributed by atoms with Gasteiger partial charge >= 0.3 is 0 Å². The third-order valence-corrected chi connectivity index (χ3v) is 14.0. The first kappa shape index (κ1) is 35.7. The van der Waals surface area contributed by atoms with Crippen LogP contribution in [0.25, 0.3) is 0 Å². The molecule has 0 fully saturated rings. The van der Waals surface area contributed by atoms with E-state index in [1.165, 1.54) is 127 Å². The summed E-state index contributed by atoms with van der Waals surface area (Å²) in [5.41, 5.74) is -0.315. The largest absolute Gasteiger partial charge is 0.708 e. The van der Waals surface area contributed by atoms with E-state index in [9.17, 15) is 0 Å². The van der Waals surface area contributed by atoms with Gasteiger partial charge in [-0.1, -0.05) is 155 Å². The molecule has 0 radical (unpaired) electrons. The molecule has 1 aliphatic carbocycles. The number of rotatable bonds is 24. The third kappa shape index (κ3) is 15.9. The van der Waals surface area contributed by atoms with Gasteiger partial charge in [0.1, 0.15) is 0 Å². The predicted molar refractivity (Wildman–Crippen MR) is 176 cm³/mol. The lowest BCUT2D eigenvalue weighted by Crippen LogP contribution is -2.43. The molecule has 2 unspecified atom stereocenters. The summed E-state index contributed by atoms with van der Waals surface area (Å²) in [5, 5.41) is 0. The highest BCUT2D eigenvalue weighted by Gasteiger charge is 2.33. The fraction of sp³-hybridized carbons (Fsp3) is 0.871. The van der Waals surface area contributed by atoms with Crippen LogP contribution in [-0.2, 0) is 8.85 Å². The molecule has 0 saturated heterocycles. The summed E-state index contributed by atoms with van der Waals surface area (Å²) < 4.78 is 14.9. The van der Waals surface area contributed by atoms with Crippen LogP contribution in [0.5, 0.6) is 0 Å². The summed E-state index contributed by atoms with van der Waals surface area (Å²) in [6.45, 7) is 11.4. The maximum absolute atomic E-state index is 7.02. The first-order valence-corrected chi connectivity index (χ1v) is 21.1. The van der Waals surface area contributed by atoms with Crippen molar-refractivity contribution in [1.82, 2.24) is 0 Å². The molecule has 37 heavy (non-hydrogen) atoms. The average Bonchev–Trinajstić information content (AvgIpc) is 2.87. The highest BCUT2D eigenvalue weighted by Crippen LogP contribution is 2.39. The molecule has 2 atom stereocenters. The van der Waals surface area contributed by atoms with Gasteiger partial charge < -0.3 is 8.85 Å². The highest BCUT2D eigenvalue weighted by atomic mass is 79.9. The molecule has 218 valence electrons. The van der Waals surface area contributed by atoms with Crippen molar-refractivity contribution in [3.63, 3.8) is 0 Å². The van der Waals surface area contributed by atoms with Crippen LogP contribution in [0.2, 0.25) is 24.2 Å². The Bertz CT molecular complexity index is 604. The molecule has 0 aromatic rings. The molecule has 0 aromatic heterocycles. The van der Waals surface area contributed by atoms with Crippen molar-refractivity contribution in [1.29, 1.82) is 0 Å². The fourth-order valence-electron chi connectivity index (χ4n) is 4.87. The smallest absolute Gasteiger partial charge is 0.0823 e. The summed E-state index contributed by atoms with van der Waals surface area (Å²) in [6.07, 6.45) is 25.8. The zero-order chi connectivity index (χ0) is 27.4. The van der Waals surface area contributed by atoms with Gasteiger partial charge in [-0.25, -0.2) is 0 Å². The van der Waals surface area contributed by atoms with Crippen molar-refractivity contribution < 1.29 is 8.85 Å². The number of alkyl halides is 1. The van der Waals surface area contributed by atoms with Gasteiger partial charge in [-0.15, -0.1) is 21.1 Å². The highest BCUT2D eigenvalue weighted by molar-refractivity contribution is 9.12. The second-order valence-corrected chi connectivity index (χ2v) is 17.5. The van der Waals surface area contributed by atoms with Crippen molar-refractivity contribution in [2.45, 2.75) is 172 Å². The second kappa shape index (κ2) is 22.3. The number of allylic oxidation sites excluding steroid dienone is 1. The lowest BCUT2D eigenvalue weighted by molar-refractivity contribution is 0.143. The summed E-state index contributed by atoms with van der Waals surface area (Å²) in [6, 6.07) is 5.07. The Labute approximate surface area is 251 Å². The summed E-state index contributed by atoms with van der Waals surface area (Å²) in [4.78, 5) is 0.144. The van der Waals surface area contributed by atoms with Crippen molar-refractivity contribution in [3.05, 3.63) is 22.4 Å². The Kier molecular flexibility index (Phi) is 21.5. The van der Waals surface area contributed by atoms with Gasteiger partial charge in [0, 0.05) is 0 Å². The minimum absolute atomic E-state index is 0.144. The Morgan fingerprint density at radius 2 is 1.08 bits per heavy atom. The molecule has 0 aliphatic heterocycles. The van der Waals surface area contributed by atoms with Crippen molar-refractivity contribution in [2.24, 2.45) is 0 Å². The van der Waals surface area contributed by atoms with Crippen LogP contribution >= 0.6 is 31.9 Å². The Morgan fingerprint density at radius 3 is 1.49 bits per heavy atom. The molecule has 6 heteroatoms. The molecule has 0 spiro atoms. The first-order valence-electron chi connectivity index (χ1n) is 15.7. The second-order valence-electron chi connectivity index (χ2n) is 11.1. The first-order chi connectivity index (χ1) is 17.9. The van der Waals surface area contributed by atoms with E-state index in [0.29, 0.717) is 0 Å². The zero-order valence-electron chi connectivity index (χ0n) is 24.9. The SMILES string of the molecule is CCCCCC[Si-](CCCCCC)OC1=CC(Br)C(C)(O[Si-](CCCCCC)CCCCCC)C=C1Br. The normalized spacial score (nSPS) is 20.0. The van der Waals surface area contributed by atoms with Gasteiger partial charge in [0.05, 0.1) is 20.7 Å². The van der Waals surface area contributed by atoms with Crippen molar-refractivity contribution in [3.8, 4) is 0 Å². The van der Waals surface area contributed by atoms with E-state index >= 15 is 0 Å². The molecular formula is C31H58Br2O2Si2-2. The lowest BCUT2D eigenvalue weighted by Gasteiger charge is -2.47. The minimum Gasteiger partial charge on any atom is -0.708 e. The van der Waals surface area contributed by atoms with E-state index in [2.05, 4.69) is 78.6 Å². The number of halogens is 2. The number of hydrogen-bond acceptors (Lipinski definition) is 2. The Hall–Kier alpha value is 0.634. The number of hydrogen-bond donors (Lipinski definition) is 0. The maximum atomic E-state index is 7.02. The van der Waals surface area contributed by atoms with Crippen LogP contribution < -0.4 is 0 Å². The molecule has 2 nitrogen and oxygen atoms in total. The summed E-state index contributed by atoms with van der Waals surface area (Å²) >= 11 is 7.91. The van der Waals surface area contributed by atoms with E-state index < -0.39 is 18.1 Å². The summed E-state index contributed by atoms with van der Waals surface area (Å²) in [7, 11) is -1.70. The number of unbranched alkanes of at least 4 members (excludes halogenated alkanes) is 12. The molecule has 0 heterocycles. The molecule has 1 rings (SSSR count). The van der Waals surface area contributed by atoms with Gasteiger partial charge in [-0.3, -0.25) is 0 Å². The molecular weight excluding hydrogens is 620 g/mol. The van der Waals surface area contributed by atoms with E-state index in [1.807, 2.05) is 0 Å². The third-order valence-electron chi connectivity index (χ3n) is 7.35. The van der Waals surface area contributed by atoms with Gasteiger partial charge in [-0.05, 0) is 35.0 Å². The van der Waals surface area contributed by atoms with Crippen LogP contribution in [0.15, 0.2) is 22.4 Å². The minimum atomic E-state index is -0.852. The quantitative estimate of drug-likeness (QED) is 0.0575. The van der Waals surface area contributed by atoms with E-state index in [4.69, 9.17) is 8.85 Å². The van der Waals surface area contributed by atoms with Gasteiger partial charge in [0.15, 0.2) is 0 Å².